The van der Waals surface area contributed by atoms with Crippen LogP contribution in [-0.4, -0.2) is 38.7 Å². The van der Waals surface area contributed by atoms with Crippen molar-refractivity contribution in [2.75, 3.05) is 23.3 Å². The van der Waals surface area contributed by atoms with E-state index in [1.54, 1.807) is 23.1 Å². The standard InChI is InChI=1S/C19H20N6O/c1-24-17(8-10-21-24)14-5-4-6-15(13-14)22-18(26)16-7-9-20-19(23-16)25-11-2-3-12-25/h4-10,13H,2-3,11-12H2,1H3,(H,22,26). The number of hydrogen-bond donors (Lipinski definition) is 1. The maximum Gasteiger partial charge on any atom is 0.274 e. The average Bonchev–Trinajstić information content (AvgIpc) is 3.34. The molecule has 1 N–H and O–H groups in total. The Bertz CT molecular complexity index is 929. The Morgan fingerprint density at radius 3 is 2.73 bits per heavy atom. The summed E-state index contributed by atoms with van der Waals surface area (Å²) in [5.74, 6) is 0.383. The first kappa shape index (κ1) is 16.3. The second-order valence-corrected chi connectivity index (χ2v) is 6.31. The second kappa shape index (κ2) is 6.95. The smallest absolute Gasteiger partial charge is 0.274 e. The Hall–Kier alpha value is -3.22. The van der Waals surface area contributed by atoms with E-state index in [9.17, 15) is 4.79 Å². The molecule has 0 bridgehead atoms. The largest absolute Gasteiger partial charge is 0.341 e. The molecule has 26 heavy (non-hydrogen) atoms. The number of aromatic nitrogens is 4. The molecule has 7 heteroatoms. The first-order chi connectivity index (χ1) is 12.7. The number of carbonyl (C=O) groups is 1. The minimum atomic E-state index is -0.241. The van der Waals surface area contributed by atoms with Crippen LogP contribution in [0.1, 0.15) is 23.3 Å². The summed E-state index contributed by atoms with van der Waals surface area (Å²) in [6, 6.07) is 11.3. The van der Waals surface area contributed by atoms with Crippen molar-refractivity contribution < 1.29 is 4.79 Å². The quantitative estimate of drug-likeness (QED) is 0.784. The molecule has 0 saturated carbocycles. The fraction of sp³-hybridized carbons (Fsp3) is 0.263. The summed E-state index contributed by atoms with van der Waals surface area (Å²) in [6.07, 6.45) is 5.67. The summed E-state index contributed by atoms with van der Waals surface area (Å²) in [5, 5.41) is 7.11. The van der Waals surface area contributed by atoms with Crippen molar-refractivity contribution in [2.24, 2.45) is 7.05 Å². The first-order valence-electron chi connectivity index (χ1n) is 8.68. The summed E-state index contributed by atoms with van der Waals surface area (Å²) < 4.78 is 1.80. The molecule has 3 aromatic rings. The predicted octanol–water partition coefficient (Wildman–Crippen LogP) is 2.73. The number of carbonyl (C=O) groups excluding carboxylic acids is 1. The van der Waals surface area contributed by atoms with E-state index in [-0.39, 0.29) is 5.91 Å². The summed E-state index contributed by atoms with van der Waals surface area (Å²) in [5.41, 5.74) is 3.06. The van der Waals surface area contributed by atoms with Gasteiger partial charge in [0.1, 0.15) is 5.69 Å². The molecule has 1 saturated heterocycles. The van der Waals surface area contributed by atoms with Crippen molar-refractivity contribution in [1.29, 1.82) is 0 Å². The molecular weight excluding hydrogens is 328 g/mol. The Morgan fingerprint density at radius 1 is 1.12 bits per heavy atom. The molecule has 0 atom stereocenters. The average molecular weight is 348 g/mol. The van der Waals surface area contributed by atoms with Gasteiger partial charge in [0, 0.05) is 43.8 Å². The van der Waals surface area contributed by atoms with E-state index in [0.29, 0.717) is 11.6 Å². The van der Waals surface area contributed by atoms with Gasteiger partial charge in [-0.25, -0.2) is 9.97 Å². The molecule has 0 unspecified atom stereocenters. The van der Waals surface area contributed by atoms with E-state index in [2.05, 4.69) is 25.3 Å². The van der Waals surface area contributed by atoms with Gasteiger partial charge in [0.2, 0.25) is 5.95 Å². The maximum absolute atomic E-state index is 12.6. The van der Waals surface area contributed by atoms with Gasteiger partial charge in [-0.2, -0.15) is 5.10 Å². The molecular formula is C19H20N6O. The van der Waals surface area contributed by atoms with Gasteiger partial charge in [-0.3, -0.25) is 9.48 Å². The van der Waals surface area contributed by atoms with Crippen LogP contribution < -0.4 is 10.2 Å². The number of hydrogen-bond acceptors (Lipinski definition) is 5. The summed E-state index contributed by atoms with van der Waals surface area (Å²) >= 11 is 0. The van der Waals surface area contributed by atoms with Gasteiger partial charge in [-0.1, -0.05) is 12.1 Å². The Kier molecular flexibility index (Phi) is 4.35. The lowest BCUT2D eigenvalue weighted by molar-refractivity contribution is 0.102. The number of rotatable bonds is 4. The molecule has 0 aliphatic carbocycles. The predicted molar refractivity (Wildman–Crippen MR) is 100 cm³/mol. The monoisotopic (exact) mass is 348 g/mol. The number of nitrogens with zero attached hydrogens (tertiary/aromatic N) is 5. The molecule has 132 valence electrons. The number of anilines is 2. The van der Waals surface area contributed by atoms with Crippen LogP contribution in [0.2, 0.25) is 0 Å². The van der Waals surface area contributed by atoms with Crippen LogP contribution in [0.15, 0.2) is 48.8 Å². The molecule has 4 rings (SSSR count). The Labute approximate surface area is 151 Å². The van der Waals surface area contributed by atoms with Crippen LogP contribution in [0.4, 0.5) is 11.6 Å². The van der Waals surface area contributed by atoms with Gasteiger partial charge < -0.3 is 10.2 Å². The van der Waals surface area contributed by atoms with E-state index >= 15 is 0 Å². The highest BCUT2D eigenvalue weighted by molar-refractivity contribution is 6.03. The molecule has 1 aromatic carbocycles. The van der Waals surface area contributed by atoms with Crippen LogP contribution in [0.3, 0.4) is 0 Å². The van der Waals surface area contributed by atoms with Crippen LogP contribution in [0, 0.1) is 0 Å². The van der Waals surface area contributed by atoms with Crippen molar-refractivity contribution >= 4 is 17.5 Å². The van der Waals surface area contributed by atoms with Crippen molar-refractivity contribution in [3.05, 3.63) is 54.5 Å². The SMILES string of the molecule is Cn1nccc1-c1cccc(NC(=O)c2ccnc(N3CCCC3)n2)c1. The molecule has 1 fully saturated rings. The highest BCUT2D eigenvalue weighted by Gasteiger charge is 2.17. The Balaban J connectivity index is 1.53. The number of amides is 1. The maximum atomic E-state index is 12.6. The third kappa shape index (κ3) is 3.28. The zero-order valence-corrected chi connectivity index (χ0v) is 14.6. The number of nitrogens with one attached hydrogen (secondary N) is 1. The van der Waals surface area contributed by atoms with Crippen molar-refractivity contribution in [3.63, 3.8) is 0 Å². The van der Waals surface area contributed by atoms with Crippen LogP contribution >= 0.6 is 0 Å². The molecule has 1 amide bonds. The second-order valence-electron chi connectivity index (χ2n) is 6.31. The minimum absolute atomic E-state index is 0.241. The third-order valence-electron chi connectivity index (χ3n) is 4.50. The number of aryl methyl sites for hydroxylation is 1. The van der Waals surface area contributed by atoms with Gasteiger partial charge in [0.25, 0.3) is 5.91 Å². The molecule has 1 aliphatic heterocycles. The fourth-order valence-corrected chi connectivity index (χ4v) is 3.15. The first-order valence-corrected chi connectivity index (χ1v) is 8.68. The number of benzene rings is 1. The molecule has 2 aromatic heterocycles. The lowest BCUT2D eigenvalue weighted by Gasteiger charge is -2.15. The molecule has 1 aliphatic rings. The lowest BCUT2D eigenvalue weighted by Crippen LogP contribution is -2.22. The van der Waals surface area contributed by atoms with Crippen molar-refractivity contribution in [1.82, 2.24) is 19.7 Å². The van der Waals surface area contributed by atoms with Crippen LogP contribution in [0.5, 0.6) is 0 Å². The summed E-state index contributed by atoms with van der Waals surface area (Å²) in [7, 11) is 1.89. The molecule has 0 spiro atoms. The topological polar surface area (TPSA) is 75.9 Å². The third-order valence-corrected chi connectivity index (χ3v) is 4.50. The normalized spacial score (nSPS) is 13.8. The van der Waals surface area contributed by atoms with E-state index in [1.807, 2.05) is 37.4 Å². The fourth-order valence-electron chi connectivity index (χ4n) is 3.15. The van der Waals surface area contributed by atoms with E-state index < -0.39 is 0 Å². The zero-order chi connectivity index (χ0) is 17.9. The summed E-state index contributed by atoms with van der Waals surface area (Å²) in [6.45, 7) is 1.88. The van der Waals surface area contributed by atoms with Gasteiger partial charge in [-0.15, -0.1) is 0 Å². The minimum Gasteiger partial charge on any atom is -0.341 e. The van der Waals surface area contributed by atoms with Gasteiger partial charge >= 0.3 is 0 Å². The zero-order valence-electron chi connectivity index (χ0n) is 14.6. The van der Waals surface area contributed by atoms with E-state index in [4.69, 9.17) is 0 Å². The molecule has 7 nitrogen and oxygen atoms in total. The van der Waals surface area contributed by atoms with Crippen molar-refractivity contribution in [3.8, 4) is 11.3 Å². The van der Waals surface area contributed by atoms with Gasteiger partial charge in [0.05, 0.1) is 5.69 Å². The van der Waals surface area contributed by atoms with Crippen molar-refractivity contribution in [2.45, 2.75) is 12.8 Å². The molecule has 3 heterocycles. The highest BCUT2D eigenvalue weighted by atomic mass is 16.1. The lowest BCUT2D eigenvalue weighted by atomic mass is 10.1. The van der Waals surface area contributed by atoms with Crippen LogP contribution in [-0.2, 0) is 7.05 Å². The van der Waals surface area contributed by atoms with Gasteiger partial charge in [-0.05, 0) is 37.1 Å². The van der Waals surface area contributed by atoms with Crippen LogP contribution in [0.25, 0.3) is 11.3 Å². The molecule has 0 radical (unpaired) electrons. The highest BCUT2D eigenvalue weighted by Crippen LogP contribution is 2.22. The van der Waals surface area contributed by atoms with E-state index in [1.165, 1.54) is 0 Å². The Morgan fingerprint density at radius 2 is 1.96 bits per heavy atom. The summed E-state index contributed by atoms with van der Waals surface area (Å²) in [4.78, 5) is 23.4. The van der Waals surface area contributed by atoms with E-state index in [0.717, 1.165) is 42.9 Å². The van der Waals surface area contributed by atoms with Gasteiger partial charge in [0.15, 0.2) is 0 Å².